The fourth-order valence-electron chi connectivity index (χ4n) is 3.31. The molecule has 1 N–H and O–H groups in total. The summed E-state index contributed by atoms with van der Waals surface area (Å²) >= 11 is 0. The Bertz CT molecular complexity index is 392. The summed E-state index contributed by atoms with van der Waals surface area (Å²) < 4.78 is 4.85. The van der Waals surface area contributed by atoms with E-state index >= 15 is 0 Å². The van der Waals surface area contributed by atoms with Gasteiger partial charge in [-0.1, -0.05) is 0 Å². The van der Waals surface area contributed by atoms with Crippen LogP contribution in [0.2, 0.25) is 0 Å². The third kappa shape index (κ3) is 4.60. The molecule has 22 heavy (non-hydrogen) atoms. The zero-order valence-electron chi connectivity index (χ0n) is 14.2. The van der Waals surface area contributed by atoms with Crippen LogP contribution in [-0.4, -0.2) is 75.2 Å². The summed E-state index contributed by atoms with van der Waals surface area (Å²) in [7, 11) is 3.64. The van der Waals surface area contributed by atoms with Crippen molar-refractivity contribution in [3.05, 3.63) is 0 Å². The zero-order valence-corrected chi connectivity index (χ0v) is 14.2. The fraction of sp³-hybridized carbons (Fsp3) is 0.875. The van der Waals surface area contributed by atoms with Crippen LogP contribution in [0.25, 0.3) is 0 Å². The second-order valence-electron chi connectivity index (χ2n) is 6.40. The summed E-state index contributed by atoms with van der Waals surface area (Å²) in [6, 6.07) is 0. The minimum absolute atomic E-state index is 0.0487. The average Bonchev–Trinajstić information content (AvgIpc) is 2.96. The van der Waals surface area contributed by atoms with Crippen molar-refractivity contribution in [1.82, 2.24) is 15.1 Å². The largest absolute Gasteiger partial charge is 0.469 e. The number of nitrogens with one attached hydrogen (secondary N) is 1. The van der Waals surface area contributed by atoms with E-state index in [4.69, 9.17) is 9.73 Å². The molecule has 0 spiro atoms. The summed E-state index contributed by atoms with van der Waals surface area (Å²) in [4.78, 5) is 21.1. The molecule has 0 aliphatic carbocycles. The Morgan fingerprint density at radius 2 is 2.00 bits per heavy atom. The number of methoxy groups -OCH3 is 1. The highest BCUT2D eigenvalue weighted by Crippen LogP contribution is 2.19. The highest BCUT2D eigenvalue weighted by Gasteiger charge is 2.27. The number of guanidine groups is 1. The molecular weight excluding hydrogens is 280 g/mol. The number of aliphatic imine (C=N–C) groups is 1. The van der Waals surface area contributed by atoms with Gasteiger partial charge >= 0.3 is 5.97 Å². The zero-order chi connectivity index (χ0) is 15.9. The molecule has 2 saturated heterocycles. The van der Waals surface area contributed by atoms with Gasteiger partial charge in [-0.15, -0.1) is 0 Å². The molecule has 2 aliphatic rings. The number of rotatable bonds is 4. The number of piperidine rings is 1. The van der Waals surface area contributed by atoms with Crippen LogP contribution in [0.15, 0.2) is 4.99 Å². The number of carbonyl (C=O) groups excluding carboxylic acids is 1. The van der Waals surface area contributed by atoms with Gasteiger partial charge < -0.3 is 19.9 Å². The van der Waals surface area contributed by atoms with E-state index in [1.807, 2.05) is 0 Å². The lowest BCUT2D eigenvalue weighted by Crippen LogP contribution is -2.46. The van der Waals surface area contributed by atoms with Crippen molar-refractivity contribution in [1.29, 1.82) is 0 Å². The van der Waals surface area contributed by atoms with Crippen molar-refractivity contribution in [2.24, 2.45) is 16.8 Å². The predicted octanol–water partition coefficient (Wildman–Crippen LogP) is 0.789. The molecule has 2 rings (SSSR count). The van der Waals surface area contributed by atoms with E-state index in [2.05, 4.69) is 29.1 Å². The van der Waals surface area contributed by atoms with Crippen molar-refractivity contribution >= 4 is 11.9 Å². The normalized spacial score (nSPS) is 24.6. The lowest BCUT2D eigenvalue weighted by atomic mass is 9.97. The fourth-order valence-corrected chi connectivity index (χ4v) is 3.31. The minimum Gasteiger partial charge on any atom is -0.469 e. The third-order valence-corrected chi connectivity index (χ3v) is 4.65. The third-order valence-electron chi connectivity index (χ3n) is 4.65. The number of carbonyl (C=O) groups is 1. The van der Waals surface area contributed by atoms with Crippen LogP contribution < -0.4 is 5.32 Å². The second-order valence-corrected chi connectivity index (χ2v) is 6.40. The Morgan fingerprint density at radius 1 is 1.27 bits per heavy atom. The number of likely N-dealkylation sites (tertiary alicyclic amines) is 2. The maximum Gasteiger partial charge on any atom is 0.308 e. The first-order chi connectivity index (χ1) is 10.6. The molecule has 6 nitrogen and oxygen atoms in total. The Hall–Kier alpha value is -1.30. The van der Waals surface area contributed by atoms with E-state index in [1.54, 1.807) is 0 Å². The van der Waals surface area contributed by atoms with Crippen LogP contribution in [0.1, 0.15) is 26.2 Å². The van der Waals surface area contributed by atoms with Gasteiger partial charge in [-0.05, 0) is 45.7 Å². The molecule has 0 aromatic rings. The van der Waals surface area contributed by atoms with Gasteiger partial charge in [-0.3, -0.25) is 9.79 Å². The first-order valence-electron chi connectivity index (χ1n) is 8.43. The van der Waals surface area contributed by atoms with Crippen molar-refractivity contribution in [3.8, 4) is 0 Å². The molecule has 0 aromatic carbocycles. The van der Waals surface area contributed by atoms with Gasteiger partial charge in [-0.2, -0.15) is 0 Å². The van der Waals surface area contributed by atoms with E-state index in [0.717, 1.165) is 51.5 Å². The molecular formula is C16H30N4O2. The van der Waals surface area contributed by atoms with Gasteiger partial charge in [0.1, 0.15) is 0 Å². The molecule has 2 fully saturated rings. The van der Waals surface area contributed by atoms with E-state index in [9.17, 15) is 4.79 Å². The van der Waals surface area contributed by atoms with E-state index in [1.165, 1.54) is 20.1 Å². The molecule has 0 saturated carbocycles. The Labute approximate surface area is 133 Å². The number of hydrogen-bond donors (Lipinski definition) is 1. The van der Waals surface area contributed by atoms with Gasteiger partial charge in [0.25, 0.3) is 0 Å². The lowest BCUT2D eigenvalue weighted by molar-refractivity contribution is -0.146. The van der Waals surface area contributed by atoms with Crippen molar-refractivity contribution in [2.75, 3.05) is 53.4 Å². The summed E-state index contributed by atoms with van der Waals surface area (Å²) in [6.07, 6.45) is 2.94. The summed E-state index contributed by atoms with van der Waals surface area (Å²) in [6.45, 7) is 7.94. The van der Waals surface area contributed by atoms with Gasteiger partial charge in [0.05, 0.1) is 13.0 Å². The molecule has 0 amide bonds. The molecule has 2 heterocycles. The summed E-state index contributed by atoms with van der Waals surface area (Å²) in [5.41, 5.74) is 0. The monoisotopic (exact) mass is 310 g/mol. The molecule has 0 aromatic heterocycles. The SMILES string of the molecule is CCNC(=NCC1CCN(C)C1)N1CCC(C(=O)OC)CC1. The van der Waals surface area contributed by atoms with Gasteiger partial charge in [0.15, 0.2) is 5.96 Å². The first kappa shape index (κ1) is 17.1. The van der Waals surface area contributed by atoms with E-state index in [-0.39, 0.29) is 11.9 Å². The lowest BCUT2D eigenvalue weighted by Gasteiger charge is -2.33. The Balaban J connectivity index is 1.87. The molecule has 2 aliphatic heterocycles. The molecule has 0 radical (unpaired) electrons. The smallest absolute Gasteiger partial charge is 0.308 e. The topological polar surface area (TPSA) is 57.2 Å². The quantitative estimate of drug-likeness (QED) is 0.473. The van der Waals surface area contributed by atoms with Gasteiger partial charge in [0.2, 0.25) is 0 Å². The van der Waals surface area contributed by atoms with Crippen LogP contribution in [0.3, 0.4) is 0 Å². The first-order valence-corrected chi connectivity index (χ1v) is 8.43. The van der Waals surface area contributed by atoms with Crippen LogP contribution in [0.5, 0.6) is 0 Å². The molecule has 126 valence electrons. The number of ether oxygens (including phenoxy) is 1. The van der Waals surface area contributed by atoms with Crippen molar-refractivity contribution < 1.29 is 9.53 Å². The molecule has 1 unspecified atom stereocenters. The van der Waals surface area contributed by atoms with E-state index in [0.29, 0.717) is 5.92 Å². The van der Waals surface area contributed by atoms with Crippen molar-refractivity contribution in [3.63, 3.8) is 0 Å². The molecule has 0 bridgehead atoms. The molecule has 1 atom stereocenters. The molecule has 6 heteroatoms. The van der Waals surface area contributed by atoms with Gasteiger partial charge in [0, 0.05) is 32.7 Å². The predicted molar refractivity (Wildman–Crippen MR) is 87.9 cm³/mol. The number of hydrogen-bond acceptors (Lipinski definition) is 4. The highest BCUT2D eigenvalue weighted by atomic mass is 16.5. The van der Waals surface area contributed by atoms with Gasteiger partial charge in [-0.25, -0.2) is 0 Å². The highest BCUT2D eigenvalue weighted by molar-refractivity contribution is 5.80. The maximum atomic E-state index is 11.6. The van der Waals surface area contributed by atoms with Crippen LogP contribution >= 0.6 is 0 Å². The van der Waals surface area contributed by atoms with E-state index < -0.39 is 0 Å². The standard InChI is InChI=1S/C16H30N4O2/c1-4-17-16(18-11-13-5-8-19(2)12-13)20-9-6-14(7-10-20)15(21)22-3/h13-14H,4-12H2,1-3H3,(H,17,18). The average molecular weight is 310 g/mol. The van der Waals surface area contributed by atoms with Crippen molar-refractivity contribution in [2.45, 2.75) is 26.2 Å². The van der Waals surface area contributed by atoms with Crippen LogP contribution in [0.4, 0.5) is 0 Å². The Kier molecular flexibility index (Phi) is 6.49. The van der Waals surface area contributed by atoms with Crippen LogP contribution in [0, 0.1) is 11.8 Å². The summed E-state index contributed by atoms with van der Waals surface area (Å²) in [5.74, 6) is 1.65. The van der Waals surface area contributed by atoms with Crippen LogP contribution in [-0.2, 0) is 9.53 Å². The number of nitrogens with zero attached hydrogens (tertiary/aromatic N) is 3. The second kappa shape index (κ2) is 8.36. The Morgan fingerprint density at radius 3 is 2.55 bits per heavy atom. The maximum absolute atomic E-state index is 11.6. The minimum atomic E-state index is -0.0735. The number of esters is 1. The summed E-state index contributed by atoms with van der Waals surface area (Å²) in [5, 5.41) is 3.39.